The molecule has 0 aliphatic rings. The molecule has 0 fully saturated rings. The van der Waals surface area contributed by atoms with E-state index in [1.54, 1.807) is 6.26 Å². The van der Waals surface area contributed by atoms with E-state index in [0.29, 0.717) is 0 Å². The van der Waals surface area contributed by atoms with Gasteiger partial charge in [0.15, 0.2) is 5.96 Å². The van der Waals surface area contributed by atoms with E-state index in [-0.39, 0.29) is 29.5 Å². The average Bonchev–Trinajstić information content (AvgIpc) is 2.68. The van der Waals surface area contributed by atoms with Crippen molar-refractivity contribution in [3.8, 4) is 0 Å². The lowest BCUT2D eigenvalue weighted by Crippen LogP contribution is -2.47. The van der Waals surface area contributed by atoms with Crippen LogP contribution in [0.25, 0.3) is 0 Å². The molecule has 1 rings (SSSR count). The number of hydrogen-bond acceptors (Lipinski definition) is 2. The van der Waals surface area contributed by atoms with Gasteiger partial charge >= 0.3 is 0 Å². The molecule has 1 aromatic heterocycles. The largest absolute Gasteiger partial charge is 0.469 e. The van der Waals surface area contributed by atoms with Gasteiger partial charge in [-0.3, -0.25) is 4.99 Å². The number of rotatable bonds is 4. The molecular formula is C13H24IN3O. The number of guanidine groups is 1. The van der Waals surface area contributed by atoms with Crippen molar-refractivity contribution < 1.29 is 4.42 Å². The first kappa shape index (κ1) is 17.3. The highest BCUT2D eigenvalue weighted by Gasteiger charge is 2.11. The maximum absolute atomic E-state index is 5.27. The van der Waals surface area contributed by atoms with Crippen molar-refractivity contribution in [3.63, 3.8) is 0 Å². The van der Waals surface area contributed by atoms with Crippen LogP contribution in [0, 0.1) is 0 Å². The van der Waals surface area contributed by atoms with Crippen LogP contribution in [0.4, 0.5) is 0 Å². The maximum atomic E-state index is 5.27. The molecule has 4 nitrogen and oxygen atoms in total. The van der Waals surface area contributed by atoms with Gasteiger partial charge in [0.2, 0.25) is 0 Å². The summed E-state index contributed by atoms with van der Waals surface area (Å²) in [4.78, 5) is 4.51. The fraction of sp³-hybridized carbons (Fsp3) is 0.615. The summed E-state index contributed by atoms with van der Waals surface area (Å²) in [6.45, 7) is 10.00. The van der Waals surface area contributed by atoms with Crippen molar-refractivity contribution in [2.45, 2.75) is 39.7 Å². The molecular weight excluding hydrogens is 341 g/mol. The molecule has 0 aliphatic heterocycles. The predicted octanol–water partition coefficient (Wildman–Crippen LogP) is 2.79. The molecule has 104 valence electrons. The Labute approximate surface area is 127 Å². The quantitative estimate of drug-likeness (QED) is 0.490. The molecule has 0 amide bonds. The van der Waals surface area contributed by atoms with Crippen molar-refractivity contribution in [2.75, 3.05) is 13.1 Å². The Morgan fingerprint density at radius 1 is 1.39 bits per heavy atom. The zero-order valence-corrected chi connectivity index (χ0v) is 13.9. The van der Waals surface area contributed by atoms with Crippen molar-refractivity contribution >= 4 is 29.9 Å². The number of hydrogen-bond donors (Lipinski definition) is 2. The lowest BCUT2D eigenvalue weighted by molar-refractivity contribution is 0.498. The number of aliphatic imine (C=N–C) groups is 1. The molecule has 0 saturated heterocycles. The summed E-state index contributed by atoms with van der Waals surface area (Å²) in [7, 11) is 0. The second-order valence-electron chi connectivity index (χ2n) is 4.97. The lowest BCUT2D eigenvalue weighted by Gasteiger charge is -2.23. The topological polar surface area (TPSA) is 49.6 Å². The molecule has 0 saturated carbocycles. The van der Waals surface area contributed by atoms with Crippen LogP contribution < -0.4 is 10.6 Å². The Hall–Kier alpha value is -0.720. The first-order chi connectivity index (χ1) is 8.01. The summed E-state index contributed by atoms with van der Waals surface area (Å²) < 4.78 is 5.27. The highest BCUT2D eigenvalue weighted by molar-refractivity contribution is 14.0. The molecule has 2 N–H and O–H groups in total. The molecule has 18 heavy (non-hydrogen) atoms. The van der Waals surface area contributed by atoms with Gasteiger partial charge in [-0.2, -0.15) is 0 Å². The first-order valence-corrected chi connectivity index (χ1v) is 6.10. The monoisotopic (exact) mass is 365 g/mol. The van der Waals surface area contributed by atoms with E-state index >= 15 is 0 Å². The van der Waals surface area contributed by atoms with Gasteiger partial charge in [-0.05, 0) is 39.8 Å². The second kappa shape index (κ2) is 8.39. The van der Waals surface area contributed by atoms with E-state index in [1.165, 1.54) is 0 Å². The third kappa shape index (κ3) is 7.58. The van der Waals surface area contributed by atoms with Gasteiger partial charge in [-0.1, -0.05) is 0 Å². The van der Waals surface area contributed by atoms with Gasteiger partial charge in [-0.15, -0.1) is 24.0 Å². The maximum Gasteiger partial charge on any atom is 0.191 e. The highest BCUT2D eigenvalue weighted by Crippen LogP contribution is 2.01. The van der Waals surface area contributed by atoms with Gasteiger partial charge in [0.25, 0.3) is 0 Å². The highest BCUT2D eigenvalue weighted by atomic mass is 127. The Bertz CT molecular complexity index is 342. The Morgan fingerprint density at radius 3 is 2.61 bits per heavy atom. The summed E-state index contributed by atoms with van der Waals surface area (Å²) in [6.07, 6.45) is 2.52. The fourth-order valence-corrected chi connectivity index (χ4v) is 1.40. The van der Waals surface area contributed by atoms with Crippen LogP contribution in [0.3, 0.4) is 0 Å². The van der Waals surface area contributed by atoms with Crippen LogP contribution in [-0.4, -0.2) is 24.6 Å². The first-order valence-electron chi connectivity index (χ1n) is 6.10. The van der Waals surface area contributed by atoms with E-state index in [2.05, 4.69) is 43.3 Å². The molecule has 5 heteroatoms. The molecule has 1 heterocycles. The number of nitrogens with zero attached hydrogens (tertiary/aromatic N) is 1. The normalized spacial score (nSPS) is 11.9. The SMILES string of the molecule is CCNC(=NCCc1ccco1)NC(C)(C)C.I. The van der Waals surface area contributed by atoms with Crippen molar-refractivity contribution in [1.29, 1.82) is 0 Å². The standard InChI is InChI=1S/C13H23N3O.HI/c1-5-14-12(16-13(2,3)4)15-9-8-11-7-6-10-17-11;/h6-7,10H,5,8-9H2,1-4H3,(H2,14,15,16);1H. The minimum absolute atomic E-state index is 0. The number of nitrogens with one attached hydrogen (secondary N) is 2. The number of halogens is 1. The summed E-state index contributed by atoms with van der Waals surface area (Å²) in [5.41, 5.74) is 0.0195. The molecule has 0 atom stereocenters. The van der Waals surface area contributed by atoms with Crippen molar-refractivity contribution in [2.24, 2.45) is 4.99 Å². The number of furan rings is 1. The zero-order chi connectivity index (χ0) is 12.7. The Kier molecular flexibility index (Phi) is 8.06. The predicted molar refractivity (Wildman–Crippen MR) is 86.7 cm³/mol. The van der Waals surface area contributed by atoms with Crippen LogP contribution in [-0.2, 0) is 6.42 Å². The van der Waals surface area contributed by atoms with Crippen LogP contribution in [0.1, 0.15) is 33.5 Å². The molecule has 0 radical (unpaired) electrons. The Balaban J connectivity index is 0.00000289. The summed E-state index contributed by atoms with van der Waals surface area (Å²) in [5.74, 6) is 1.83. The third-order valence-electron chi connectivity index (χ3n) is 2.05. The van der Waals surface area contributed by atoms with Crippen molar-refractivity contribution in [3.05, 3.63) is 24.2 Å². The van der Waals surface area contributed by atoms with E-state index in [4.69, 9.17) is 4.42 Å². The van der Waals surface area contributed by atoms with Gasteiger partial charge in [-0.25, -0.2) is 0 Å². The van der Waals surface area contributed by atoms with E-state index in [0.717, 1.165) is 31.2 Å². The smallest absolute Gasteiger partial charge is 0.191 e. The Morgan fingerprint density at radius 2 is 2.11 bits per heavy atom. The summed E-state index contributed by atoms with van der Waals surface area (Å²) in [6, 6.07) is 3.87. The summed E-state index contributed by atoms with van der Waals surface area (Å²) in [5, 5.41) is 6.57. The van der Waals surface area contributed by atoms with Crippen LogP contribution in [0.5, 0.6) is 0 Å². The molecule has 0 spiro atoms. The molecule has 0 aromatic carbocycles. The molecule has 0 unspecified atom stereocenters. The third-order valence-corrected chi connectivity index (χ3v) is 2.05. The fourth-order valence-electron chi connectivity index (χ4n) is 1.40. The van der Waals surface area contributed by atoms with Crippen molar-refractivity contribution in [1.82, 2.24) is 10.6 Å². The van der Waals surface area contributed by atoms with Gasteiger partial charge in [0.1, 0.15) is 5.76 Å². The van der Waals surface area contributed by atoms with E-state index < -0.39 is 0 Å². The lowest BCUT2D eigenvalue weighted by atomic mass is 10.1. The summed E-state index contributed by atoms with van der Waals surface area (Å²) >= 11 is 0. The zero-order valence-electron chi connectivity index (χ0n) is 11.6. The van der Waals surface area contributed by atoms with Gasteiger partial charge in [0, 0.05) is 25.0 Å². The molecule has 0 bridgehead atoms. The average molecular weight is 365 g/mol. The van der Waals surface area contributed by atoms with Crippen LogP contribution in [0.15, 0.2) is 27.8 Å². The van der Waals surface area contributed by atoms with E-state index in [9.17, 15) is 0 Å². The van der Waals surface area contributed by atoms with Crippen LogP contribution in [0.2, 0.25) is 0 Å². The van der Waals surface area contributed by atoms with E-state index in [1.807, 2.05) is 12.1 Å². The molecule has 1 aromatic rings. The van der Waals surface area contributed by atoms with Gasteiger partial charge in [0.05, 0.1) is 6.26 Å². The minimum atomic E-state index is 0. The molecule has 0 aliphatic carbocycles. The minimum Gasteiger partial charge on any atom is -0.469 e. The second-order valence-corrected chi connectivity index (χ2v) is 4.97. The van der Waals surface area contributed by atoms with Gasteiger partial charge < -0.3 is 15.1 Å². The van der Waals surface area contributed by atoms with Crippen LogP contribution >= 0.6 is 24.0 Å².